The van der Waals surface area contributed by atoms with E-state index in [9.17, 15) is 9.59 Å². The van der Waals surface area contributed by atoms with Gasteiger partial charge in [-0.15, -0.1) is 0 Å². The summed E-state index contributed by atoms with van der Waals surface area (Å²) in [5, 5.41) is 0. The summed E-state index contributed by atoms with van der Waals surface area (Å²) in [6, 6.07) is 0. The molecule has 2 heterocycles. The van der Waals surface area contributed by atoms with Crippen LogP contribution in [-0.2, 0) is 13.1 Å². The number of aromatic amines is 1. The van der Waals surface area contributed by atoms with Crippen molar-refractivity contribution in [2.24, 2.45) is 0 Å². The molecule has 2 rings (SSSR count). The molecule has 1 saturated heterocycles. The molecule has 6 nitrogen and oxygen atoms in total. The minimum absolute atomic E-state index is 0.324. The van der Waals surface area contributed by atoms with E-state index in [4.69, 9.17) is 5.73 Å². The molecule has 0 amide bonds. The standard InChI is InChI=1S/C14H24N4O2/c1-2-7-18-12(15)11(13(19)16-14(18)20)10-17-8-5-3-4-6-9-17/h2-10,15H2,1H3,(H,16,19,20). The normalized spacial score (nSPS) is 17.1. The van der Waals surface area contributed by atoms with Crippen LogP contribution in [0.1, 0.15) is 44.6 Å². The molecule has 0 radical (unpaired) electrons. The van der Waals surface area contributed by atoms with Gasteiger partial charge in [0.25, 0.3) is 5.56 Å². The van der Waals surface area contributed by atoms with Gasteiger partial charge in [-0.25, -0.2) is 4.79 Å². The summed E-state index contributed by atoms with van der Waals surface area (Å²) in [4.78, 5) is 28.4. The molecule has 0 unspecified atom stereocenters. The molecule has 1 aromatic rings. The van der Waals surface area contributed by atoms with Crippen molar-refractivity contribution in [2.75, 3.05) is 18.8 Å². The fraction of sp³-hybridized carbons (Fsp3) is 0.714. The minimum atomic E-state index is -0.408. The second kappa shape index (κ2) is 6.74. The smallest absolute Gasteiger partial charge is 0.329 e. The molecule has 3 N–H and O–H groups in total. The quantitative estimate of drug-likeness (QED) is 0.858. The van der Waals surface area contributed by atoms with Crippen LogP contribution in [0.2, 0.25) is 0 Å². The molecule has 0 saturated carbocycles. The van der Waals surface area contributed by atoms with Crippen molar-refractivity contribution in [3.8, 4) is 0 Å². The third-order valence-electron chi connectivity index (χ3n) is 3.87. The Hall–Kier alpha value is -1.56. The summed E-state index contributed by atoms with van der Waals surface area (Å²) in [7, 11) is 0. The van der Waals surface area contributed by atoms with E-state index in [0.29, 0.717) is 24.5 Å². The van der Waals surface area contributed by atoms with E-state index in [0.717, 1.165) is 32.4 Å². The number of H-pyrrole nitrogens is 1. The first kappa shape index (κ1) is 14.8. The zero-order chi connectivity index (χ0) is 14.5. The first-order valence-electron chi connectivity index (χ1n) is 7.47. The Balaban J connectivity index is 2.28. The highest BCUT2D eigenvalue weighted by Gasteiger charge is 2.16. The van der Waals surface area contributed by atoms with E-state index in [2.05, 4.69) is 9.88 Å². The molecule has 1 aliphatic rings. The van der Waals surface area contributed by atoms with Crippen molar-refractivity contribution in [3.63, 3.8) is 0 Å². The summed E-state index contributed by atoms with van der Waals surface area (Å²) < 4.78 is 1.47. The Labute approximate surface area is 118 Å². The van der Waals surface area contributed by atoms with Gasteiger partial charge in [-0.05, 0) is 32.4 Å². The number of anilines is 1. The van der Waals surface area contributed by atoms with Crippen molar-refractivity contribution in [2.45, 2.75) is 52.1 Å². The van der Waals surface area contributed by atoms with Gasteiger partial charge in [0.1, 0.15) is 5.82 Å². The van der Waals surface area contributed by atoms with Crippen LogP contribution in [0.15, 0.2) is 9.59 Å². The van der Waals surface area contributed by atoms with Gasteiger partial charge in [0.15, 0.2) is 0 Å². The molecule has 1 aliphatic heterocycles. The maximum Gasteiger partial charge on any atom is 0.329 e. The molecule has 0 atom stereocenters. The molecule has 0 bridgehead atoms. The summed E-state index contributed by atoms with van der Waals surface area (Å²) in [6.07, 6.45) is 5.62. The van der Waals surface area contributed by atoms with Crippen LogP contribution in [0.3, 0.4) is 0 Å². The summed E-state index contributed by atoms with van der Waals surface area (Å²) in [5.74, 6) is 0.324. The van der Waals surface area contributed by atoms with Crippen LogP contribution < -0.4 is 17.0 Å². The van der Waals surface area contributed by atoms with Gasteiger partial charge in [0.2, 0.25) is 0 Å². The number of likely N-dealkylation sites (tertiary alicyclic amines) is 1. The highest BCUT2D eigenvalue weighted by molar-refractivity contribution is 5.38. The molecular weight excluding hydrogens is 256 g/mol. The Kier molecular flexibility index (Phi) is 5.00. The Morgan fingerprint density at radius 1 is 1.15 bits per heavy atom. The van der Waals surface area contributed by atoms with E-state index in [1.807, 2.05) is 6.92 Å². The molecule has 6 heteroatoms. The lowest BCUT2D eigenvalue weighted by atomic mass is 10.2. The first-order chi connectivity index (χ1) is 9.63. The number of aromatic nitrogens is 2. The average Bonchev–Trinajstić information content (AvgIpc) is 2.68. The summed E-state index contributed by atoms with van der Waals surface area (Å²) in [6.45, 7) is 5.03. The maximum absolute atomic E-state index is 12.0. The van der Waals surface area contributed by atoms with E-state index >= 15 is 0 Å². The predicted octanol–water partition coefficient (Wildman–Crippen LogP) is 0.905. The van der Waals surface area contributed by atoms with Gasteiger partial charge in [-0.1, -0.05) is 19.8 Å². The van der Waals surface area contributed by atoms with Crippen LogP contribution in [0.5, 0.6) is 0 Å². The van der Waals surface area contributed by atoms with Crippen LogP contribution in [-0.4, -0.2) is 27.5 Å². The van der Waals surface area contributed by atoms with Crippen LogP contribution in [0.4, 0.5) is 5.82 Å². The van der Waals surface area contributed by atoms with Crippen molar-refractivity contribution in [1.82, 2.24) is 14.5 Å². The van der Waals surface area contributed by atoms with Crippen molar-refractivity contribution >= 4 is 5.82 Å². The molecule has 0 aliphatic carbocycles. The highest BCUT2D eigenvalue weighted by atomic mass is 16.2. The monoisotopic (exact) mass is 280 g/mol. The van der Waals surface area contributed by atoms with Gasteiger partial charge in [0.05, 0.1) is 5.56 Å². The summed E-state index contributed by atoms with van der Waals surface area (Å²) >= 11 is 0. The molecule has 1 aromatic heterocycles. The zero-order valence-electron chi connectivity index (χ0n) is 12.2. The third-order valence-corrected chi connectivity index (χ3v) is 3.87. The number of hydrogen-bond acceptors (Lipinski definition) is 4. The number of nitrogens with one attached hydrogen (secondary N) is 1. The second-order valence-corrected chi connectivity index (χ2v) is 5.47. The second-order valence-electron chi connectivity index (χ2n) is 5.47. The van der Waals surface area contributed by atoms with Crippen molar-refractivity contribution in [3.05, 3.63) is 26.4 Å². The molecule has 0 aromatic carbocycles. The van der Waals surface area contributed by atoms with E-state index in [1.54, 1.807) is 0 Å². The number of nitrogens with zero attached hydrogens (tertiary/aromatic N) is 2. The molecule has 20 heavy (non-hydrogen) atoms. The lowest BCUT2D eigenvalue weighted by Crippen LogP contribution is -2.37. The lowest BCUT2D eigenvalue weighted by Gasteiger charge is -2.21. The van der Waals surface area contributed by atoms with Crippen LogP contribution in [0.25, 0.3) is 0 Å². The Morgan fingerprint density at radius 2 is 1.80 bits per heavy atom. The summed E-state index contributed by atoms with van der Waals surface area (Å²) in [5.41, 5.74) is 5.82. The van der Waals surface area contributed by atoms with Crippen molar-refractivity contribution < 1.29 is 0 Å². The molecular formula is C14H24N4O2. The average molecular weight is 280 g/mol. The Morgan fingerprint density at radius 3 is 2.40 bits per heavy atom. The fourth-order valence-electron chi connectivity index (χ4n) is 2.74. The SMILES string of the molecule is CCCn1c(N)c(CN2CCCCCC2)c(=O)[nH]c1=O. The third kappa shape index (κ3) is 3.30. The predicted molar refractivity (Wildman–Crippen MR) is 79.8 cm³/mol. The fourth-order valence-corrected chi connectivity index (χ4v) is 2.74. The number of hydrogen-bond donors (Lipinski definition) is 2. The van der Waals surface area contributed by atoms with E-state index < -0.39 is 5.69 Å². The molecule has 112 valence electrons. The van der Waals surface area contributed by atoms with Gasteiger partial charge < -0.3 is 5.73 Å². The lowest BCUT2D eigenvalue weighted by molar-refractivity contribution is 0.275. The first-order valence-corrected chi connectivity index (χ1v) is 7.47. The Bertz CT molecular complexity index is 553. The number of nitrogen functional groups attached to an aromatic ring is 1. The van der Waals surface area contributed by atoms with Gasteiger partial charge >= 0.3 is 5.69 Å². The van der Waals surface area contributed by atoms with Crippen LogP contribution >= 0.6 is 0 Å². The van der Waals surface area contributed by atoms with Gasteiger partial charge in [0, 0.05) is 13.1 Å². The van der Waals surface area contributed by atoms with Gasteiger partial charge in [-0.2, -0.15) is 0 Å². The zero-order valence-corrected chi connectivity index (χ0v) is 12.2. The van der Waals surface area contributed by atoms with Gasteiger partial charge in [-0.3, -0.25) is 19.2 Å². The van der Waals surface area contributed by atoms with Crippen molar-refractivity contribution in [1.29, 1.82) is 0 Å². The minimum Gasteiger partial charge on any atom is -0.385 e. The maximum atomic E-state index is 12.0. The van der Waals surface area contributed by atoms with E-state index in [-0.39, 0.29) is 5.56 Å². The highest BCUT2D eigenvalue weighted by Crippen LogP contribution is 2.14. The largest absolute Gasteiger partial charge is 0.385 e. The topological polar surface area (TPSA) is 84.1 Å². The van der Waals surface area contributed by atoms with E-state index in [1.165, 1.54) is 17.4 Å². The number of nitrogens with two attached hydrogens (primary N) is 1. The number of rotatable bonds is 4. The molecule has 1 fully saturated rings. The van der Waals surface area contributed by atoms with Crippen LogP contribution in [0, 0.1) is 0 Å². The molecule has 0 spiro atoms.